The molecule has 0 fully saturated rings. The lowest BCUT2D eigenvalue weighted by Gasteiger charge is -2.27. The van der Waals surface area contributed by atoms with Crippen molar-refractivity contribution in [3.05, 3.63) is 89.5 Å². The molecule has 0 bridgehead atoms. The van der Waals surface area contributed by atoms with Crippen LogP contribution in [0.5, 0.6) is 5.75 Å². The Bertz CT molecular complexity index is 1200. The topological polar surface area (TPSA) is 116 Å². The van der Waals surface area contributed by atoms with Crippen molar-refractivity contribution in [1.82, 2.24) is 5.32 Å². The van der Waals surface area contributed by atoms with Crippen molar-refractivity contribution < 1.29 is 42.8 Å². The molecular weight excluding hydrogens is 491 g/mol. The Balaban J connectivity index is 0.000000479. The molecular formula is C27H26F3NO6. The molecule has 3 aromatic carbocycles. The molecule has 0 unspecified atom stereocenters. The second kappa shape index (κ2) is 12.4. The van der Waals surface area contributed by atoms with Crippen molar-refractivity contribution in [2.45, 2.75) is 31.2 Å². The summed E-state index contributed by atoms with van der Waals surface area (Å²) in [5.74, 6) is -2.79. The SMILES string of the molecule is O=C(O)C(F)(F)F.O=C(O)c1ccc(-c2ccc3c(c2)CC[C@H](CNC[C@@H](O)c2ccccc2)O3)cc1. The van der Waals surface area contributed by atoms with E-state index in [1.165, 1.54) is 0 Å². The van der Waals surface area contributed by atoms with Crippen LogP contribution in [0.1, 0.15) is 34.0 Å². The Labute approximate surface area is 211 Å². The molecule has 37 heavy (non-hydrogen) atoms. The first-order chi connectivity index (χ1) is 17.5. The number of alkyl halides is 3. The summed E-state index contributed by atoms with van der Waals surface area (Å²) in [5.41, 5.74) is 4.39. The van der Waals surface area contributed by atoms with Gasteiger partial charge in [-0.15, -0.1) is 0 Å². The van der Waals surface area contributed by atoms with Gasteiger partial charge in [0.05, 0.1) is 11.7 Å². The first-order valence-corrected chi connectivity index (χ1v) is 11.4. The normalized spacial score (nSPS) is 15.4. The predicted octanol–water partition coefficient (Wildman–Crippen LogP) is 4.70. The summed E-state index contributed by atoms with van der Waals surface area (Å²) in [4.78, 5) is 19.9. The van der Waals surface area contributed by atoms with Crippen LogP contribution in [0.2, 0.25) is 0 Å². The molecule has 1 aliphatic heterocycles. The Morgan fingerprint density at radius 2 is 1.59 bits per heavy atom. The number of fused-ring (bicyclic) bond motifs is 1. The fraction of sp³-hybridized carbons (Fsp3) is 0.259. The van der Waals surface area contributed by atoms with Crippen molar-refractivity contribution in [3.8, 4) is 16.9 Å². The van der Waals surface area contributed by atoms with Crippen LogP contribution in [-0.4, -0.2) is 52.6 Å². The third-order valence-corrected chi connectivity index (χ3v) is 5.69. The van der Waals surface area contributed by atoms with Crippen molar-refractivity contribution in [3.63, 3.8) is 0 Å². The van der Waals surface area contributed by atoms with Crippen LogP contribution in [0.3, 0.4) is 0 Å². The number of halogens is 3. The number of benzene rings is 3. The quantitative estimate of drug-likeness (QED) is 0.359. The van der Waals surface area contributed by atoms with Crippen molar-refractivity contribution in [1.29, 1.82) is 0 Å². The standard InChI is InChI=1S/C25H25NO4.C2HF3O2/c27-23(18-4-2-1-3-5-18)16-26-15-22-12-10-21-14-20(11-13-24(21)30-22)17-6-8-19(9-7-17)25(28)29;3-2(4,5)1(6)7/h1-9,11,13-14,22-23,26-27H,10,12,15-16H2,(H,28,29);(H,6,7)/t22-,23-;/m1./s1. The first-order valence-electron chi connectivity index (χ1n) is 11.4. The van der Waals surface area contributed by atoms with E-state index in [0.717, 1.165) is 40.8 Å². The van der Waals surface area contributed by atoms with E-state index in [0.29, 0.717) is 13.1 Å². The van der Waals surface area contributed by atoms with Crippen LogP contribution in [0.15, 0.2) is 72.8 Å². The first kappa shape index (κ1) is 27.7. The average molecular weight is 518 g/mol. The van der Waals surface area contributed by atoms with Gasteiger partial charge in [-0.1, -0.05) is 48.5 Å². The molecule has 0 saturated heterocycles. The van der Waals surface area contributed by atoms with E-state index in [1.807, 2.05) is 54.6 Å². The van der Waals surface area contributed by atoms with Crippen LogP contribution < -0.4 is 10.1 Å². The minimum Gasteiger partial charge on any atom is -0.489 e. The monoisotopic (exact) mass is 517 g/mol. The van der Waals surface area contributed by atoms with E-state index >= 15 is 0 Å². The molecule has 2 atom stereocenters. The van der Waals surface area contributed by atoms with Crippen LogP contribution >= 0.6 is 0 Å². The molecule has 1 aliphatic rings. The minimum absolute atomic E-state index is 0.0705. The number of carbonyl (C=O) groups is 2. The number of aliphatic hydroxyl groups excluding tert-OH is 1. The van der Waals surface area contributed by atoms with Gasteiger partial charge in [-0.3, -0.25) is 0 Å². The van der Waals surface area contributed by atoms with Crippen LogP contribution in [0.25, 0.3) is 11.1 Å². The number of aliphatic carboxylic acids is 1. The number of aromatic carboxylic acids is 1. The van der Waals surface area contributed by atoms with Crippen LogP contribution in [0, 0.1) is 0 Å². The number of carboxylic acids is 2. The second-order valence-electron chi connectivity index (χ2n) is 8.37. The summed E-state index contributed by atoms with van der Waals surface area (Å²) in [7, 11) is 0. The maximum absolute atomic E-state index is 11.0. The lowest BCUT2D eigenvalue weighted by atomic mass is 9.96. The highest BCUT2D eigenvalue weighted by atomic mass is 19.4. The third kappa shape index (κ3) is 8.06. The molecule has 10 heteroatoms. The number of hydrogen-bond acceptors (Lipinski definition) is 5. The second-order valence-corrected chi connectivity index (χ2v) is 8.37. The van der Waals surface area contributed by atoms with E-state index in [4.69, 9.17) is 19.7 Å². The highest BCUT2D eigenvalue weighted by Crippen LogP contribution is 2.32. The van der Waals surface area contributed by atoms with Crippen molar-refractivity contribution in [2.75, 3.05) is 13.1 Å². The zero-order valence-corrected chi connectivity index (χ0v) is 19.6. The predicted molar refractivity (Wildman–Crippen MR) is 130 cm³/mol. The van der Waals surface area contributed by atoms with E-state index in [-0.39, 0.29) is 11.7 Å². The smallest absolute Gasteiger partial charge is 0.489 e. The molecule has 4 rings (SSSR count). The molecule has 0 amide bonds. The highest BCUT2D eigenvalue weighted by Gasteiger charge is 2.38. The van der Waals surface area contributed by atoms with Gasteiger partial charge in [0.15, 0.2) is 0 Å². The number of rotatable bonds is 7. The van der Waals surface area contributed by atoms with Gasteiger partial charge < -0.3 is 25.4 Å². The van der Waals surface area contributed by atoms with Crippen molar-refractivity contribution in [2.24, 2.45) is 0 Å². The summed E-state index contributed by atoms with van der Waals surface area (Å²) in [6, 6.07) is 22.7. The fourth-order valence-corrected chi connectivity index (χ4v) is 3.75. The molecule has 0 aromatic heterocycles. The molecule has 0 spiro atoms. The molecule has 0 radical (unpaired) electrons. The lowest BCUT2D eigenvalue weighted by molar-refractivity contribution is -0.192. The molecule has 3 aromatic rings. The van der Waals surface area contributed by atoms with E-state index in [9.17, 15) is 23.1 Å². The summed E-state index contributed by atoms with van der Waals surface area (Å²) >= 11 is 0. The maximum atomic E-state index is 11.0. The van der Waals surface area contributed by atoms with E-state index in [2.05, 4.69) is 11.4 Å². The van der Waals surface area contributed by atoms with E-state index < -0.39 is 24.2 Å². The largest absolute Gasteiger partial charge is 0.490 e. The third-order valence-electron chi connectivity index (χ3n) is 5.69. The Morgan fingerprint density at radius 1 is 0.973 bits per heavy atom. The van der Waals surface area contributed by atoms with Crippen LogP contribution in [-0.2, 0) is 11.2 Å². The number of hydrogen-bond donors (Lipinski definition) is 4. The summed E-state index contributed by atoms with van der Waals surface area (Å²) in [6.07, 6.45) is -3.72. The zero-order chi connectivity index (χ0) is 27.0. The van der Waals surface area contributed by atoms with E-state index in [1.54, 1.807) is 12.1 Å². The fourth-order valence-electron chi connectivity index (χ4n) is 3.75. The maximum Gasteiger partial charge on any atom is 0.490 e. The number of aliphatic hydroxyl groups is 1. The van der Waals surface area contributed by atoms with Gasteiger partial charge in [-0.2, -0.15) is 13.2 Å². The molecule has 4 N–H and O–H groups in total. The zero-order valence-electron chi connectivity index (χ0n) is 19.6. The van der Waals surface area contributed by atoms with Gasteiger partial charge in [0.25, 0.3) is 0 Å². The highest BCUT2D eigenvalue weighted by molar-refractivity contribution is 5.88. The van der Waals surface area contributed by atoms with Gasteiger partial charge >= 0.3 is 18.1 Å². The average Bonchev–Trinajstić information content (AvgIpc) is 2.88. The summed E-state index contributed by atoms with van der Waals surface area (Å²) in [6.45, 7) is 1.17. The van der Waals surface area contributed by atoms with Gasteiger partial charge in [-0.05, 0) is 59.4 Å². The minimum atomic E-state index is -5.08. The van der Waals surface area contributed by atoms with Gasteiger partial charge in [-0.25, -0.2) is 9.59 Å². The molecule has 1 heterocycles. The summed E-state index contributed by atoms with van der Waals surface area (Å²) < 4.78 is 37.9. The summed E-state index contributed by atoms with van der Waals surface area (Å²) in [5, 5.41) is 29.7. The molecule has 196 valence electrons. The number of ether oxygens (including phenoxy) is 1. The Kier molecular flexibility index (Phi) is 9.26. The lowest BCUT2D eigenvalue weighted by Crippen LogP contribution is -2.36. The molecule has 0 saturated carbocycles. The van der Waals surface area contributed by atoms with Gasteiger partial charge in [0.2, 0.25) is 0 Å². The number of nitrogens with one attached hydrogen (secondary N) is 1. The Hall–Kier alpha value is -3.89. The molecule has 7 nitrogen and oxygen atoms in total. The molecule has 0 aliphatic carbocycles. The van der Waals surface area contributed by atoms with Crippen LogP contribution in [0.4, 0.5) is 13.2 Å². The number of carboxylic acid groups (broad SMARTS) is 2. The van der Waals surface area contributed by atoms with Crippen molar-refractivity contribution >= 4 is 11.9 Å². The Morgan fingerprint density at radius 3 is 2.19 bits per heavy atom. The van der Waals surface area contributed by atoms with Gasteiger partial charge in [0.1, 0.15) is 11.9 Å². The van der Waals surface area contributed by atoms with Gasteiger partial charge in [0, 0.05) is 13.1 Å². The number of aryl methyl sites for hydroxylation is 1.